The van der Waals surface area contributed by atoms with Gasteiger partial charge < -0.3 is 16.4 Å². The molecule has 0 atom stereocenters. The van der Waals surface area contributed by atoms with Crippen molar-refractivity contribution in [3.63, 3.8) is 0 Å². The van der Waals surface area contributed by atoms with Crippen LogP contribution in [0.15, 0.2) is 47.6 Å². The topological polar surface area (TPSA) is 92.4 Å². The van der Waals surface area contributed by atoms with Gasteiger partial charge in [0, 0.05) is 18.3 Å². The first-order chi connectivity index (χ1) is 11.9. The number of benzene rings is 1. The molecule has 0 aliphatic carbocycles. The Bertz CT molecular complexity index is 744. The highest BCUT2D eigenvalue weighted by Crippen LogP contribution is 2.18. The highest BCUT2D eigenvalue weighted by Gasteiger charge is 2.04. The first-order valence-electron chi connectivity index (χ1n) is 8.33. The summed E-state index contributed by atoms with van der Waals surface area (Å²) in [5, 5.41) is 5.78. The molecule has 1 aromatic carbocycles. The Balaban J connectivity index is 0.00000338. The monoisotopic (exact) mass is 467 g/mol. The minimum Gasteiger partial charge on any atom is -0.370 e. The Labute approximate surface area is 171 Å². The number of nitrogens with one attached hydrogen (secondary N) is 2. The molecule has 2 rings (SSSR count). The van der Waals surface area contributed by atoms with Crippen LogP contribution in [0.2, 0.25) is 0 Å². The van der Waals surface area contributed by atoms with Gasteiger partial charge in [-0.1, -0.05) is 32.0 Å². The third-order valence-electron chi connectivity index (χ3n) is 3.63. The number of rotatable bonds is 6. The molecule has 0 spiro atoms. The number of nitrogens with two attached hydrogens (primary N) is 1. The highest BCUT2D eigenvalue weighted by molar-refractivity contribution is 14.0. The molecule has 7 heteroatoms. The minimum atomic E-state index is -0.144. The summed E-state index contributed by atoms with van der Waals surface area (Å²) in [6, 6.07) is 11.7. The average molecular weight is 467 g/mol. The number of carbonyl (C=O) groups is 1. The van der Waals surface area contributed by atoms with E-state index in [1.54, 1.807) is 12.3 Å². The number of anilines is 2. The van der Waals surface area contributed by atoms with Crippen LogP contribution in [0.25, 0.3) is 0 Å². The standard InChI is InChI=1S/C19H25N5O.HI/c1-13(2)15-5-4-6-16(11-15)23-19(20)21-10-9-18(25)24-17-8-7-14(3)12-22-17;/h4-8,11-13H,9-10H2,1-3H3,(H3,20,21,23)(H,22,24,25);1H. The third kappa shape index (κ3) is 7.38. The van der Waals surface area contributed by atoms with Gasteiger partial charge in [-0.3, -0.25) is 9.79 Å². The van der Waals surface area contributed by atoms with Crippen LogP contribution < -0.4 is 16.4 Å². The van der Waals surface area contributed by atoms with Crippen LogP contribution in [-0.2, 0) is 4.79 Å². The molecule has 0 radical (unpaired) electrons. The van der Waals surface area contributed by atoms with Crippen molar-refractivity contribution in [2.45, 2.75) is 33.1 Å². The second-order valence-corrected chi connectivity index (χ2v) is 6.19. The first-order valence-corrected chi connectivity index (χ1v) is 8.33. The second kappa shape index (κ2) is 10.7. The van der Waals surface area contributed by atoms with Crippen molar-refractivity contribution in [2.24, 2.45) is 10.7 Å². The van der Waals surface area contributed by atoms with Crippen molar-refractivity contribution in [2.75, 3.05) is 17.2 Å². The third-order valence-corrected chi connectivity index (χ3v) is 3.63. The van der Waals surface area contributed by atoms with E-state index < -0.39 is 0 Å². The summed E-state index contributed by atoms with van der Waals surface area (Å²) in [6.45, 7) is 6.52. The number of guanidine groups is 1. The number of hydrogen-bond acceptors (Lipinski definition) is 3. The molecule has 4 N–H and O–H groups in total. The predicted molar refractivity (Wildman–Crippen MR) is 118 cm³/mol. The lowest BCUT2D eigenvalue weighted by Crippen LogP contribution is -2.23. The second-order valence-electron chi connectivity index (χ2n) is 6.19. The Hall–Kier alpha value is -2.16. The van der Waals surface area contributed by atoms with Gasteiger partial charge in [0.05, 0.1) is 6.54 Å². The molecule has 1 aromatic heterocycles. The molecule has 1 heterocycles. The molecule has 0 aliphatic heterocycles. The fourth-order valence-electron chi connectivity index (χ4n) is 2.19. The van der Waals surface area contributed by atoms with Crippen LogP contribution in [0.5, 0.6) is 0 Å². The van der Waals surface area contributed by atoms with Gasteiger partial charge in [-0.25, -0.2) is 4.98 Å². The lowest BCUT2D eigenvalue weighted by atomic mass is 10.0. The van der Waals surface area contributed by atoms with Gasteiger partial charge in [0.15, 0.2) is 5.96 Å². The van der Waals surface area contributed by atoms with E-state index in [9.17, 15) is 4.79 Å². The fourth-order valence-corrected chi connectivity index (χ4v) is 2.19. The van der Waals surface area contributed by atoms with E-state index in [4.69, 9.17) is 5.73 Å². The Morgan fingerprint density at radius 2 is 2.00 bits per heavy atom. The lowest BCUT2D eigenvalue weighted by molar-refractivity contribution is -0.116. The van der Waals surface area contributed by atoms with Gasteiger partial charge in [0.25, 0.3) is 0 Å². The molecule has 0 saturated heterocycles. The molecule has 6 nitrogen and oxygen atoms in total. The molecule has 0 saturated carbocycles. The first kappa shape index (κ1) is 21.9. The van der Waals surface area contributed by atoms with E-state index in [1.165, 1.54) is 5.56 Å². The maximum Gasteiger partial charge on any atom is 0.227 e. The summed E-state index contributed by atoms with van der Waals surface area (Å²) in [5.74, 6) is 1.13. The van der Waals surface area contributed by atoms with Gasteiger partial charge in [-0.2, -0.15) is 0 Å². The maximum atomic E-state index is 11.9. The van der Waals surface area contributed by atoms with Crippen LogP contribution in [0, 0.1) is 6.92 Å². The summed E-state index contributed by atoms with van der Waals surface area (Å²) < 4.78 is 0. The van der Waals surface area contributed by atoms with Crippen molar-refractivity contribution in [3.8, 4) is 0 Å². The number of carbonyl (C=O) groups excluding carboxylic acids is 1. The number of aryl methyl sites for hydroxylation is 1. The number of aliphatic imine (C=N–C) groups is 1. The maximum absolute atomic E-state index is 11.9. The molecule has 0 fully saturated rings. The van der Waals surface area contributed by atoms with E-state index in [0.29, 0.717) is 24.2 Å². The molecule has 140 valence electrons. The Morgan fingerprint density at radius 3 is 2.65 bits per heavy atom. The van der Waals surface area contributed by atoms with Crippen LogP contribution in [0.3, 0.4) is 0 Å². The fraction of sp³-hybridized carbons (Fsp3) is 0.316. The van der Waals surface area contributed by atoms with Gasteiger partial charge in [0.2, 0.25) is 5.91 Å². The smallest absolute Gasteiger partial charge is 0.227 e. The van der Waals surface area contributed by atoms with E-state index in [0.717, 1.165) is 11.3 Å². The van der Waals surface area contributed by atoms with Crippen LogP contribution in [0.4, 0.5) is 11.5 Å². The quantitative estimate of drug-likeness (QED) is 0.342. The van der Waals surface area contributed by atoms with E-state index >= 15 is 0 Å². The number of pyridine rings is 1. The summed E-state index contributed by atoms with van der Waals surface area (Å²) in [5.41, 5.74) is 9.04. The van der Waals surface area contributed by atoms with Crippen molar-refractivity contribution in [1.29, 1.82) is 0 Å². The van der Waals surface area contributed by atoms with Crippen LogP contribution in [0.1, 0.15) is 37.3 Å². The van der Waals surface area contributed by atoms with E-state index in [2.05, 4.69) is 40.5 Å². The van der Waals surface area contributed by atoms with Crippen LogP contribution >= 0.6 is 24.0 Å². The molecular weight excluding hydrogens is 441 g/mol. The number of hydrogen-bond donors (Lipinski definition) is 3. The summed E-state index contributed by atoms with van der Waals surface area (Å²) >= 11 is 0. The summed E-state index contributed by atoms with van der Waals surface area (Å²) in [4.78, 5) is 20.2. The predicted octanol–water partition coefficient (Wildman–Crippen LogP) is 3.89. The lowest BCUT2D eigenvalue weighted by Gasteiger charge is -2.10. The van der Waals surface area contributed by atoms with Gasteiger partial charge >= 0.3 is 0 Å². The Kier molecular flexibility index (Phi) is 9.04. The van der Waals surface area contributed by atoms with E-state index in [1.807, 2.05) is 31.2 Å². The normalized spacial score (nSPS) is 11.0. The number of amides is 1. The number of halogens is 1. The number of aromatic nitrogens is 1. The molecule has 0 aliphatic rings. The van der Waals surface area contributed by atoms with Gasteiger partial charge in [-0.05, 0) is 42.2 Å². The zero-order chi connectivity index (χ0) is 18.2. The summed E-state index contributed by atoms with van der Waals surface area (Å²) in [6.07, 6.45) is 1.95. The van der Waals surface area contributed by atoms with Crippen molar-refractivity contribution < 1.29 is 4.79 Å². The van der Waals surface area contributed by atoms with Crippen LogP contribution in [-0.4, -0.2) is 23.4 Å². The van der Waals surface area contributed by atoms with Crippen molar-refractivity contribution in [1.82, 2.24) is 4.98 Å². The zero-order valence-electron chi connectivity index (χ0n) is 15.3. The van der Waals surface area contributed by atoms with Gasteiger partial charge in [0.1, 0.15) is 5.82 Å². The molecule has 1 amide bonds. The zero-order valence-corrected chi connectivity index (χ0v) is 17.7. The highest BCUT2D eigenvalue weighted by atomic mass is 127. The van der Waals surface area contributed by atoms with Crippen molar-refractivity contribution in [3.05, 3.63) is 53.7 Å². The minimum absolute atomic E-state index is 0. The molecule has 0 bridgehead atoms. The largest absolute Gasteiger partial charge is 0.370 e. The molecular formula is C19H26IN5O. The Morgan fingerprint density at radius 1 is 1.23 bits per heavy atom. The molecule has 26 heavy (non-hydrogen) atoms. The SMILES string of the molecule is Cc1ccc(NC(=O)CCN=C(N)Nc2cccc(C(C)C)c2)nc1.I. The van der Waals surface area contributed by atoms with Crippen molar-refractivity contribution >= 4 is 47.3 Å². The van der Waals surface area contributed by atoms with E-state index in [-0.39, 0.29) is 36.3 Å². The average Bonchev–Trinajstić information content (AvgIpc) is 2.57. The molecule has 0 unspecified atom stereocenters. The van der Waals surface area contributed by atoms with Gasteiger partial charge in [-0.15, -0.1) is 24.0 Å². The number of nitrogens with zero attached hydrogens (tertiary/aromatic N) is 2. The summed E-state index contributed by atoms with van der Waals surface area (Å²) in [7, 11) is 0. The molecule has 2 aromatic rings.